The van der Waals surface area contributed by atoms with Crippen LogP contribution in [0, 0.1) is 5.82 Å². The number of fused-ring (bicyclic) bond motifs is 1. The maximum absolute atomic E-state index is 15.2. The summed E-state index contributed by atoms with van der Waals surface area (Å²) in [6, 6.07) is 8.14. The number of rotatable bonds is 8. The molecule has 4 aromatic heterocycles. The van der Waals surface area contributed by atoms with E-state index in [4.69, 9.17) is 9.47 Å². The van der Waals surface area contributed by atoms with Gasteiger partial charge in [0.2, 0.25) is 11.8 Å². The van der Waals surface area contributed by atoms with Gasteiger partial charge in [-0.3, -0.25) is 9.89 Å². The molecular formula is C28H25FN8O3S. The zero-order chi connectivity index (χ0) is 28.3. The number of likely N-dealkylation sites (tertiary alicyclic amines) is 1. The lowest BCUT2D eigenvalue weighted by atomic mass is 9.92. The molecule has 0 spiro atoms. The summed E-state index contributed by atoms with van der Waals surface area (Å²) in [7, 11) is 1.56. The number of hydrogen-bond donors (Lipinski definition) is 2. The summed E-state index contributed by atoms with van der Waals surface area (Å²) in [6.45, 7) is 4.78. The SMILES string of the molecule is C=CC(=O)N1CCC(c2n[nH]c3ncnc(Nc4ccc(Oc5nc(-c6ccc(OC)nc6)cs5)cc4F)c23)CC1. The minimum absolute atomic E-state index is 0.0752. The first-order chi connectivity index (χ1) is 20.0. The molecule has 11 nitrogen and oxygen atoms in total. The molecule has 5 heterocycles. The number of H-pyrrole nitrogens is 1. The van der Waals surface area contributed by atoms with Crippen LogP contribution in [0.5, 0.6) is 16.8 Å². The molecule has 0 aliphatic carbocycles. The van der Waals surface area contributed by atoms with E-state index in [0.29, 0.717) is 52.5 Å². The largest absolute Gasteiger partial charge is 0.481 e. The van der Waals surface area contributed by atoms with Crippen LogP contribution in [-0.2, 0) is 4.79 Å². The van der Waals surface area contributed by atoms with Gasteiger partial charge in [0.1, 0.15) is 23.7 Å². The summed E-state index contributed by atoms with van der Waals surface area (Å²) in [5.74, 6) is 0.758. The highest BCUT2D eigenvalue weighted by Crippen LogP contribution is 2.36. The van der Waals surface area contributed by atoms with Crippen LogP contribution in [0.25, 0.3) is 22.3 Å². The van der Waals surface area contributed by atoms with E-state index in [9.17, 15) is 4.79 Å². The Morgan fingerprint density at radius 2 is 2.07 bits per heavy atom. The quantitative estimate of drug-likeness (QED) is 0.233. The van der Waals surface area contributed by atoms with Gasteiger partial charge >= 0.3 is 0 Å². The van der Waals surface area contributed by atoms with Gasteiger partial charge in [-0.1, -0.05) is 17.9 Å². The second-order valence-electron chi connectivity index (χ2n) is 9.32. The van der Waals surface area contributed by atoms with Crippen molar-refractivity contribution in [2.75, 3.05) is 25.5 Å². The molecular weight excluding hydrogens is 547 g/mol. The van der Waals surface area contributed by atoms with Gasteiger partial charge in [0, 0.05) is 48.3 Å². The van der Waals surface area contributed by atoms with Crippen molar-refractivity contribution in [3.63, 3.8) is 0 Å². The molecule has 5 aromatic rings. The average Bonchev–Trinajstić information content (AvgIpc) is 3.66. The number of amides is 1. The number of pyridine rings is 1. The summed E-state index contributed by atoms with van der Waals surface area (Å²) >= 11 is 1.30. The fourth-order valence-electron chi connectivity index (χ4n) is 4.75. The third-order valence-corrected chi connectivity index (χ3v) is 7.59. The van der Waals surface area contributed by atoms with Crippen molar-refractivity contribution in [3.05, 3.63) is 72.4 Å². The van der Waals surface area contributed by atoms with Gasteiger partial charge in [-0.15, -0.1) is 0 Å². The van der Waals surface area contributed by atoms with Crippen molar-refractivity contribution >= 4 is 39.8 Å². The van der Waals surface area contributed by atoms with E-state index in [1.54, 1.807) is 36.4 Å². The van der Waals surface area contributed by atoms with Crippen LogP contribution in [0.4, 0.5) is 15.9 Å². The molecule has 1 aliphatic heterocycles. The number of ether oxygens (including phenoxy) is 2. The Morgan fingerprint density at radius 1 is 1.22 bits per heavy atom. The Balaban J connectivity index is 1.18. The highest BCUT2D eigenvalue weighted by Gasteiger charge is 2.27. The molecule has 1 amide bonds. The fraction of sp³-hybridized carbons (Fsp3) is 0.214. The minimum atomic E-state index is -0.522. The van der Waals surface area contributed by atoms with Crippen molar-refractivity contribution in [3.8, 4) is 28.1 Å². The summed E-state index contributed by atoms with van der Waals surface area (Å²) < 4.78 is 26.1. The summed E-state index contributed by atoms with van der Waals surface area (Å²) in [5, 5.41) is 13.5. The number of methoxy groups -OCH3 is 1. The number of aromatic nitrogens is 6. The Hall–Kier alpha value is -4.91. The lowest BCUT2D eigenvalue weighted by molar-refractivity contribution is -0.127. The molecule has 0 unspecified atom stereocenters. The molecule has 1 fully saturated rings. The standard InChI is InChI=1S/C28H25FN8O3S/c1-3-23(38)37-10-8-16(9-11-37)25-24-26(31-15-32-27(24)36-35-25)33-20-6-5-18(12-19(20)29)40-28-34-21(14-41-28)17-4-7-22(39-2)30-13-17/h3-7,12-16H,1,8-11H2,2H3,(H2,31,32,33,35,36). The summed E-state index contributed by atoms with van der Waals surface area (Å²) in [6.07, 6.45) is 5.87. The highest BCUT2D eigenvalue weighted by atomic mass is 32.1. The van der Waals surface area contributed by atoms with Gasteiger partial charge in [-0.25, -0.2) is 24.3 Å². The van der Waals surface area contributed by atoms with E-state index >= 15 is 4.39 Å². The van der Waals surface area contributed by atoms with Crippen molar-refractivity contribution in [1.82, 2.24) is 35.0 Å². The van der Waals surface area contributed by atoms with Gasteiger partial charge in [-0.2, -0.15) is 5.10 Å². The number of carbonyl (C=O) groups is 1. The number of anilines is 2. The molecule has 1 saturated heterocycles. The highest BCUT2D eigenvalue weighted by molar-refractivity contribution is 7.11. The van der Waals surface area contributed by atoms with E-state index < -0.39 is 5.82 Å². The normalized spacial score (nSPS) is 13.8. The number of hydrogen-bond acceptors (Lipinski definition) is 10. The van der Waals surface area contributed by atoms with Crippen LogP contribution >= 0.6 is 11.3 Å². The third kappa shape index (κ3) is 5.43. The molecule has 1 aliphatic rings. The smallest absolute Gasteiger partial charge is 0.279 e. The number of thiazole rings is 1. The first-order valence-corrected chi connectivity index (χ1v) is 13.7. The number of carbonyl (C=O) groups excluding carboxylic acids is 1. The maximum atomic E-state index is 15.2. The van der Waals surface area contributed by atoms with Crippen LogP contribution in [0.3, 0.4) is 0 Å². The van der Waals surface area contributed by atoms with E-state index in [2.05, 4.69) is 42.0 Å². The molecule has 0 atom stereocenters. The number of halogens is 1. The van der Waals surface area contributed by atoms with E-state index in [0.717, 1.165) is 24.1 Å². The van der Waals surface area contributed by atoms with Gasteiger partial charge in [0.25, 0.3) is 5.19 Å². The first kappa shape index (κ1) is 26.3. The van der Waals surface area contributed by atoms with Crippen LogP contribution in [0.15, 0.2) is 60.9 Å². The Bertz CT molecular complexity index is 1710. The topological polar surface area (TPSA) is 131 Å². The Kier molecular flexibility index (Phi) is 7.25. The van der Waals surface area contributed by atoms with Gasteiger partial charge < -0.3 is 19.7 Å². The second kappa shape index (κ2) is 11.3. The van der Waals surface area contributed by atoms with Crippen LogP contribution in [-0.4, -0.2) is 61.1 Å². The Morgan fingerprint density at radius 3 is 2.80 bits per heavy atom. The van der Waals surface area contributed by atoms with Crippen molar-refractivity contribution in [2.24, 2.45) is 0 Å². The molecule has 1 aromatic carbocycles. The van der Waals surface area contributed by atoms with E-state index in [-0.39, 0.29) is 17.5 Å². The predicted octanol–water partition coefficient (Wildman–Crippen LogP) is 5.45. The number of piperidine rings is 1. The molecule has 13 heteroatoms. The number of benzene rings is 1. The van der Waals surface area contributed by atoms with Crippen LogP contribution < -0.4 is 14.8 Å². The third-order valence-electron chi connectivity index (χ3n) is 6.88. The molecule has 0 bridgehead atoms. The van der Waals surface area contributed by atoms with Gasteiger partial charge in [-0.05, 0) is 37.1 Å². The first-order valence-electron chi connectivity index (χ1n) is 12.8. The summed E-state index contributed by atoms with van der Waals surface area (Å²) in [5.41, 5.74) is 3.07. The van der Waals surface area contributed by atoms with Crippen molar-refractivity contribution in [1.29, 1.82) is 0 Å². The summed E-state index contributed by atoms with van der Waals surface area (Å²) in [4.78, 5) is 31.1. The fourth-order valence-corrected chi connectivity index (χ4v) is 5.45. The average molecular weight is 573 g/mol. The zero-order valence-corrected chi connectivity index (χ0v) is 22.8. The second-order valence-corrected chi connectivity index (χ2v) is 10.1. The Labute approximate surface area is 238 Å². The van der Waals surface area contributed by atoms with E-state index in [1.807, 2.05) is 11.4 Å². The van der Waals surface area contributed by atoms with Crippen molar-refractivity contribution in [2.45, 2.75) is 18.8 Å². The molecule has 41 heavy (non-hydrogen) atoms. The van der Waals surface area contributed by atoms with Gasteiger partial charge in [0.05, 0.1) is 29.6 Å². The molecule has 0 radical (unpaired) electrons. The molecule has 2 N–H and O–H groups in total. The molecule has 208 valence electrons. The van der Waals surface area contributed by atoms with E-state index in [1.165, 1.54) is 29.8 Å². The predicted molar refractivity (Wildman–Crippen MR) is 152 cm³/mol. The lowest BCUT2D eigenvalue weighted by Crippen LogP contribution is -2.36. The monoisotopic (exact) mass is 572 g/mol. The lowest BCUT2D eigenvalue weighted by Gasteiger charge is -2.30. The number of nitrogens with zero attached hydrogens (tertiary/aromatic N) is 6. The molecule has 6 rings (SSSR count). The zero-order valence-electron chi connectivity index (χ0n) is 22.0. The number of aromatic amines is 1. The van der Waals surface area contributed by atoms with Crippen LogP contribution in [0.1, 0.15) is 24.5 Å². The minimum Gasteiger partial charge on any atom is -0.481 e. The van der Waals surface area contributed by atoms with Crippen LogP contribution in [0.2, 0.25) is 0 Å². The molecule has 0 saturated carbocycles. The van der Waals surface area contributed by atoms with Gasteiger partial charge in [0.15, 0.2) is 5.65 Å². The maximum Gasteiger partial charge on any atom is 0.279 e. The number of nitrogens with one attached hydrogen (secondary N) is 2. The van der Waals surface area contributed by atoms with Crippen molar-refractivity contribution < 1.29 is 18.7 Å².